The number of hydrogen-bond donors (Lipinski definition) is 1. The van der Waals surface area contributed by atoms with Crippen LogP contribution in [0.15, 0.2) is 54.2 Å². The quantitative estimate of drug-likeness (QED) is 0.674. The Balaban J connectivity index is 2.09. The fourth-order valence-corrected chi connectivity index (χ4v) is 2.23. The number of carbonyl (C=O) groups is 1. The van der Waals surface area contributed by atoms with Gasteiger partial charge in [0.25, 0.3) is 0 Å². The van der Waals surface area contributed by atoms with E-state index >= 15 is 0 Å². The summed E-state index contributed by atoms with van der Waals surface area (Å²) in [6, 6.07) is 4.23. The summed E-state index contributed by atoms with van der Waals surface area (Å²) in [5, 5.41) is 8.45. The molecule has 0 aromatic heterocycles. The molecule has 1 N–H and O–H groups in total. The van der Waals surface area contributed by atoms with Crippen LogP contribution in [0.3, 0.4) is 0 Å². The fraction of sp³-hybridized carbons (Fsp3) is 0.167. The predicted octanol–water partition coefficient (Wildman–Crippen LogP) is 3.83. The Bertz CT molecular complexity index is 661. The van der Waals surface area contributed by atoms with Crippen LogP contribution in [0.5, 0.6) is 5.75 Å². The Morgan fingerprint density at radius 3 is 2.71 bits per heavy atom. The molecule has 1 aromatic carbocycles. The molecule has 0 spiro atoms. The molecule has 0 saturated heterocycles. The van der Waals surface area contributed by atoms with Gasteiger partial charge < -0.3 is 9.84 Å². The average Bonchev–Trinajstić information content (AvgIpc) is 2.41. The van der Waals surface area contributed by atoms with E-state index < -0.39 is 5.97 Å². The number of carboxylic acids is 1. The summed E-state index contributed by atoms with van der Waals surface area (Å²) in [4.78, 5) is 10.3. The second kappa shape index (κ2) is 6.75. The van der Waals surface area contributed by atoms with Crippen LogP contribution in [0.1, 0.15) is 16.7 Å². The van der Waals surface area contributed by atoms with E-state index in [1.807, 2.05) is 12.2 Å². The second-order valence-electron chi connectivity index (χ2n) is 4.95. The lowest BCUT2D eigenvalue weighted by atomic mass is 10.0. The highest BCUT2D eigenvalue weighted by atomic mass is 16.5. The number of aliphatic carboxylic acids is 1. The van der Waals surface area contributed by atoms with E-state index in [2.05, 4.69) is 32.1 Å². The van der Waals surface area contributed by atoms with Crippen molar-refractivity contribution in [2.45, 2.75) is 13.8 Å². The molecule has 0 aliphatic carbocycles. The molecule has 2 rings (SSSR count). The van der Waals surface area contributed by atoms with Crippen LogP contribution >= 0.6 is 0 Å². The zero-order valence-electron chi connectivity index (χ0n) is 12.2. The fourth-order valence-electron chi connectivity index (χ4n) is 2.23. The molecule has 0 amide bonds. The lowest BCUT2D eigenvalue weighted by Crippen LogP contribution is -2.07. The van der Waals surface area contributed by atoms with Crippen molar-refractivity contribution in [3.8, 4) is 5.75 Å². The van der Waals surface area contributed by atoms with E-state index in [-0.39, 0.29) is 0 Å². The molecule has 0 atom stereocenters. The number of aryl methyl sites for hydroxylation is 2. The summed E-state index contributed by atoms with van der Waals surface area (Å²) in [5.74, 6) is 0.00653. The molecule has 1 aliphatic heterocycles. The summed E-state index contributed by atoms with van der Waals surface area (Å²) < 4.78 is 5.80. The first-order chi connectivity index (χ1) is 10.1. The Hall–Kier alpha value is -2.55. The molecule has 108 valence electrons. The van der Waals surface area contributed by atoms with Gasteiger partial charge in [0.15, 0.2) is 0 Å². The zero-order valence-corrected chi connectivity index (χ0v) is 12.2. The number of ether oxygens (including phenoxy) is 1. The molecular formula is C18H18O3. The summed E-state index contributed by atoms with van der Waals surface area (Å²) in [6.07, 6.45) is 12.0. The largest absolute Gasteiger partial charge is 0.488 e. The summed E-state index contributed by atoms with van der Waals surface area (Å²) in [6.45, 7) is 4.67. The van der Waals surface area contributed by atoms with Gasteiger partial charge in [-0.05, 0) is 37.1 Å². The highest BCUT2D eigenvalue weighted by Gasteiger charge is 2.12. The molecule has 3 heteroatoms. The number of allylic oxidation sites excluding steroid dienone is 4. The van der Waals surface area contributed by atoms with Gasteiger partial charge in [-0.15, -0.1) is 0 Å². The van der Waals surface area contributed by atoms with E-state index in [0.29, 0.717) is 6.61 Å². The average molecular weight is 282 g/mol. The minimum absolute atomic E-state index is 0.548. The zero-order chi connectivity index (χ0) is 15.2. The van der Waals surface area contributed by atoms with Crippen molar-refractivity contribution in [3.63, 3.8) is 0 Å². The third-order valence-corrected chi connectivity index (χ3v) is 3.05. The molecule has 3 nitrogen and oxygen atoms in total. The number of fused-ring (bicyclic) bond motifs is 1. The SMILES string of the molecule is Cc1cc(C)c2c(c1)C=C(/C=C/C=C/C=C/C(=O)O)CO2. The van der Waals surface area contributed by atoms with Gasteiger partial charge in [0.05, 0.1) is 0 Å². The van der Waals surface area contributed by atoms with Crippen molar-refractivity contribution in [3.05, 3.63) is 70.9 Å². The summed E-state index contributed by atoms with van der Waals surface area (Å²) >= 11 is 0. The van der Waals surface area contributed by atoms with Crippen LogP contribution in [0, 0.1) is 13.8 Å². The Morgan fingerprint density at radius 2 is 1.95 bits per heavy atom. The highest BCUT2D eigenvalue weighted by molar-refractivity contribution is 5.80. The molecule has 1 aliphatic rings. The first kappa shape index (κ1) is 14.9. The Morgan fingerprint density at radius 1 is 1.19 bits per heavy atom. The van der Waals surface area contributed by atoms with Crippen LogP contribution in [0.25, 0.3) is 6.08 Å². The minimum atomic E-state index is -0.950. The number of benzene rings is 1. The summed E-state index contributed by atoms with van der Waals surface area (Å²) in [5.41, 5.74) is 4.56. The van der Waals surface area contributed by atoms with Gasteiger partial charge in [-0.1, -0.05) is 42.0 Å². The molecule has 1 heterocycles. The normalized spacial score (nSPS) is 14.5. The van der Waals surface area contributed by atoms with Crippen LogP contribution in [-0.2, 0) is 4.79 Å². The van der Waals surface area contributed by atoms with Crippen molar-refractivity contribution in [1.82, 2.24) is 0 Å². The topological polar surface area (TPSA) is 46.5 Å². The smallest absolute Gasteiger partial charge is 0.328 e. The molecule has 0 saturated carbocycles. The monoisotopic (exact) mass is 282 g/mol. The van der Waals surface area contributed by atoms with Gasteiger partial charge in [-0.3, -0.25) is 0 Å². The second-order valence-corrected chi connectivity index (χ2v) is 4.95. The Labute approximate surface area is 124 Å². The van der Waals surface area contributed by atoms with E-state index in [1.54, 1.807) is 12.2 Å². The van der Waals surface area contributed by atoms with Crippen LogP contribution in [0.4, 0.5) is 0 Å². The number of hydrogen-bond acceptors (Lipinski definition) is 2. The molecule has 21 heavy (non-hydrogen) atoms. The minimum Gasteiger partial charge on any atom is -0.488 e. The number of rotatable bonds is 4. The third-order valence-electron chi connectivity index (χ3n) is 3.05. The lowest BCUT2D eigenvalue weighted by Gasteiger charge is -2.18. The van der Waals surface area contributed by atoms with Crippen molar-refractivity contribution in [1.29, 1.82) is 0 Å². The first-order valence-electron chi connectivity index (χ1n) is 6.75. The van der Waals surface area contributed by atoms with E-state index in [9.17, 15) is 4.79 Å². The lowest BCUT2D eigenvalue weighted by molar-refractivity contribution is -0.131. The van der Waals surface area contributed by atoms with Crippen molar-refractivity contribution < 1.29 is 14.6 Å². The number of carboxylic acid groups (broad SMARTS) is 1. The highest BCUT2D eigenvalue weighted by Crippen LogP contribution is 2.31. The summed E-state index contributed by atoms with van der Waals surface area (Å²) in [7, 11) is 0. The van der Waals surface area contributed by atoms with Crippen molar-refractivity contribution in [2.24, 2.45) is 0 Å². The van der Waals surface area contributed by atoms with E-state index in [0.717, 1.165) is 28.5 Å². The molecule has 0 unspecified atom stereocenters. The van der Waals surface area contributed by atoms with Crippen LogP contribution < -0.4 is 4.74 Å². The molecular weight excluding hydrogens is 264 g/mol. The van der Waals surface area contributed by atoms with Gasteiger partial charge in [0.1, 0.15) is 12.4 Å². The van der Waals surface area contributed by atoms with Crippen LogP contribution in [-0.4, -0.2) is 17.7 Å². The molecule has 1 aromatic rings. The Kier molecular flexibility index (Phi) is 4.77. The van der Waals surface area contributed by atoms with Crippen molar-refractivity contribution >= 4 is 12.0 Å². The van der Waals surface area contributed by atoms with E-state index in [4.69, 9.17) is 9.84 Å². The van der Waals surface area contributed by atoms with Gasteiger partial charge in [-0.2, -0.15) is 0 Å². The van der Waals surface area contributed by atoms with Gasteiger partial charge in [0.2, 0.25) is 0 Å². The predicted molar refractivity (Wildman–Crippen MR) is 84.4 cm³/mol. The standard InChI is InChI=1S/C18H18O3/c1-13-9-14(2)18-16(10-13)11-15(12-21-18)7-5-3-4-6-8-17(19)20/h3-11H,12H2,1-2H3,(H,19,20)/b4-3+,7-5+,8-6+. The van der Waals surface area contributed by atoms with Crippen LogP contribution in [0.2, 0.25) is 0 Å². The van der Waals surface area contributed by atoms with Gasteiger partial charge in [0, 0.05) is 11.6 Å². The third kappa shape index (κ3) is 4.21. The molecule has 0 bridgehead atoms. The van der Waals surface area contributed by atoms with E-state index in [1.165, 1.54) is 11.6 Å². The maximum Gasteiger partial charge on any atom is 0.328 e. The maximum absolute atomic E-state index is 10.3. The molecule has 0 radical (unpaired) electrons. The van der Waals surface area contributed by atoms with Gasteiger partial charge >= 0.3 is 5.97 Å². The molecule has 0 fully saturated rings. The first-order valence-corrected chi connectivity index (χ1v) is 6.75. The van der Waals surface area contributed by atoms with Crippen molar-refractivity contribution in [2.75, 3.05) is 6.61 Å². The maximum atomic E-state index is 10.3. The van der Waals surface area contributed by atoms with Gasteiger partial charge in [-0.25, -0.2) is 4.79 Å².